The van der Waals surface area contributed by atoms with Gasteiger partial charge in [0.1, 0.15) is 0 Å². The van der Waals surface area contributed by atoms with E-state index in [-0.39, 0.29) is 0 Å². The monoisotopic (exact) mass is 366 g/mol. The van der Waals surface area contributed by atoms with Gasteiger partial charge in [-0.2, -0.15) is 0 Å². The Morgan fingerprint density at radius 2 is 1.77 bits per heavy atom. The van der Waals surface area contributed by atoms with E-state index in [1.54, 1.807) is 0 Å². The maximum absolute atomic E-state index is 4.22. The molecule has 3 rings (SSSR count). The first-order chi connectivity index (χ1) is 12.8. The van der Waals surface area contributed by atoms with Gasteiger partial charge in [-0.05, 0) is 59.2 Å². The fourth-order valence-electron chi connectivity index (χ4n) is 3.26. The first kappa shape index (κ1) is 19.1. The summed E-state index contributed by atoms with van der Waals surface area (Å²) >= 11 is 1.96. The van der Waals surface area contributed by atoms with Gasteiger partial charge in [0.05, 0.1) is 0 Å². The molecule has 1 aliphatic heterocycles. The highest BCUT2D eigenvalue weighted by Crippen LogP contribution is 2.25. The molecule has 0 saturated heterocycles. The topological polar surface area (TPSA) is 24.1 Å². The molecule has 0 spiro atoms. The highest BCUT2D eigenvalue weighted by atomic mass is 32.2. The van der Waals surface area contributed by atoms with E-state index >= 15 is 0 Å². The third-order valence-electron chi connectivity index (χ3n) is 4.85. The molecule has 1 heterocycles. The predicted octanol–water partition coefficient (Wildman–Crippen LogP) is 6.44. The van der Waals surface area contributed by atoms with Crippen molar-refractivity contribution < 1.29 is 0 Å². The zero-order chi connectivity index (χ0) is 18.2. The van der Waals surface area contributed by atoms with Gasteiger partial charge in [-0.25, -0.2) is 0 Å². The Balaban J connectivity index is 1.47. The fourth-order valence-corrected chi connectivity index (χ4v) is 4.17. The van der Waals surface area contributed by atoms with Gasteiger partial charge in [0.2, 0.25) is 0 Å². The molecule has 1 aliphatic rings. The second-order valence-electron chi connectivity index (χ2n) is 6.98. The van der Waals surface area contributed by atoms with E-state index < -0.39 is 0 Å². The standard InChI is InChI=1S/C23H30N2S/c1-3-4-5-6-7-14-26-23-12-10-22(11-13-23)25-18(2)19-8-9-20-16-24-17-21(20)15-19/h8-13,15,24-25H,2-7,14,16-17H2,1H3. The number of unbranched alkanes of at least 4 members (excludes halogenated alkanes) is 4. The average molecular weight is 367 g/mol. The summed E-state index contributed by atoms with van der Waals surface area (Å²) in [6.45, 7) is 8.42. The minimum Gasteiger partial charge on any atom is -0.356 e. The molecule has 0 saturated carbocycles. The summed E-state index contributed by atoms with van der Waals surface area (Å²) in [6, 6.07) is 15.3. The number of thioether (sulfide) groups is 1. The van der Waals surface area contributed by atoms with Crippen molar-refractivity contribution in [1.29, 1.82) is 0 Å². The Morgan fingerprint density at radius 1 is 1.00 bits per heavy atom. The minimum absolute atomic E-state index is 0.955. The lowest BCUT2D eigenvalue weighted by Gasteiger charge is -2.12. The maximum Gasteiger partial charge on any atom is 0.0385 e. The fraction of sp³-hybridized carbons (Fsp3) is 0.391. The molecule has 2 aromatic carbocycles. The number of hydrogen-bond acceptors (Lipinski definition) is 3. The van der Waals surface area contributed by atoms with Gasteiger partial charge in [-0.3, -0.25) is 0 Å². The molecule has 0 aromatic heterocycles. The van der Waals surface area contributed by atoms with Crippen molar-refractivity contribution in [2.24, 2.45) is 0 Å². The van der Waals surface area contributed by atoms with Crippen molar-refractivity contribution in [2.75, 3.05) is 11.1 Å². The molecule has 0 unspecified atom stereocenters. The van der Waals surface area contributed by atoms with Gasteiger partial charge >= 0.3 is 0 Å². The van der Waals surface area contributed by atoms with Crippen molar-refractivity contribution in [1.82, 2.24) is 5.32 Å². The summed E-state index contributed by atoms with van der Waals surface area (Å²) in [4.78, 5) is 1.35. The number of rotatable bonds is 10. The molecule has 0 aliphatic carbocycles. The average Bonchev–Trinajstić information content (AvgIpc) is 3.13. The molecule has 3 heteroatoms. The normalized spacial score (nSPS) is 12.8. The summed E-state index contributed by atoms with van der Waals surface area (Å²) < 4.78 is 0. The van der Waals surface area contributed by atoms with Crippen LogP contribution >= 0.6 is 11.8 Å². The van der Waals surface area contributed by atoms with E-state index in [1.807, 2.05) is 11.8 Å². The van der Waals surface area contributed by atoms with Crippen LogP contribution in [0.3, 0.4) is 0 Å². The van der Waals surface area contributed by atoms with Crippen molar-refractivity contribution >= 4 is 23.1 Å². The summed E-state index contributed by atoms with van der Waals surface area (Å²) in [6.07, 6.45) is 6.73. The molecule has 0 amide bonds. The third-order valence-corrected chi connectivity index (χ3v) is 5.95. The first-order valence-electron chi connectivity index (χ1n) is 9.78. The second kappa shape index (κ2) is 9.84. The quantitative estimate of drug-likeness (QED) is 0.374. The molecule has 138 valence electrons. The van der Waals surface area contributed by atoms with Crippen LogP contribution in [0, 0.1) is 0 Å². The molecular formula is C23H30N2S. The van der Waals surface area contributed by atoms with Gasteiger partial charge in [0.15, 0.2) is 0 Å². The molecule has 0 radical (unpaired) electrons. The summed E-state index contributed by atoms with van der Waals surface area (Å²) in [5, 5.41) is 6.83. The largest absolute Gasteiger partial charge is 0.356 e. The SMILES string of the molecule is C=C(Nc1ccc(SCCCCCCC)cc1)c1ccc2c(c1)CNC2. The van der Waals surface area contributed by atoms with Crippen LogP contribution in [0.2, 0.25) is 0 Å². The first-order valence-corrected chi connectivity index (χ1v) is 10.8. The molecule has 0 bridgehead atoms. The second-order valence-corrected chi connectivity index (χ2v) is 8.15. The Morgan fingerprint density at radius 3 is 2.58 bits per heavy atom. The number of anilines is 1. The molecule has 0 atom stereocenters. The molecular weight excluding hydrogens is 336 g/mol. The van der Waals surface area contributed by atoms with E-state index in [0.717, 1.165) is 30.0 Å². The predicted molar refractivity (Wildman–Crippen MR) is 116 cm³/mol. The van der Waals surface area contributed by atoms with E-state index in [4.69, 9.17) is 0 Å². The highest BCUT2D eigenvalue weighted by Gasteiger charge is 2.11. The summed E-state index contributed by atoms with van der Waals surface area (Å²) in [5.74, 6) is 1.21. The van der Waals surface area contributed by atoms with E-state index in [0.29, 0.717) is 0 Å². The van der Waals surface area contributed by atoms with Crippen LogP contribution in [0.5, 0.6) is 0 Å². The van der Waals surface area contributed by atoms with E-state index in [9.17, 15) is 0 Å². The van der Waals surface area contributed by atoms with Crippen molar-refractivity contribution in [3.63, 3.8) is 0 Å². The Kier molecular flexibility index (Phi) is 7.22. The van der Waals surface area contributed by atoms with Gasteiger partial charge in [-0.15, -0.1) is 11.8 Å². The number of nitrogens with one attached hydrogen (secondary N) is 2. The van der Waals surface area contributed by atoms with E-state index in [1.165, 1.54) is 53.9 Å². The molecule has 2 aromatic rings. The lowest BCUT2D eigenvalue weighted by atomic mass is 10.0. The van der Waals surface area contributed by atoms with Crippen molar-refractivity contribution in [2.45, 2.75) is 57.0 Å². The van der Waals surface area contributed by atoms with Crippen LogP contribution in [0.25, 0.3) is 5.70 Å². The maximum atomic E-state index is 4.22. The van der Waals surface area contributed by atoms with Crippen molar-refractivity contribution in [3.8, 4) is 0 Å². The Hall–Kier alpha value is -1.71. The Labute approximate surface area is 162 Å². The number of fused-ring (bicyclic) bond motifs is 1. The smallest absolute Gasteiger partial charge is 0.0385 e. The van der Waals surface area contributed by atoms with Crippen molar-refractivity contribution in [3.05, 3.63) is 65.7 Å². The van der Waals surface area contributed by atoms with Gasteiger partial charge in [-0.1, -0.05) is 51.3 Å². The van der Waals surface area contributed by atoms with Crippen LogP contribution in [0.4, 0.5) is 5.69 Å². The molecule has 26 heavy (non-hydrogen) atoms. The van der Waals surface area contributed by atoms with Gasteiger partial charge < -0.3 is 10.6 Å². The van der Waals surface area contributed by atoms with Crippen LogP contribution in [-0.2, 0) is 13.1 Å². The zero-order valence-corrected chi connectivity index (χ0v) is 16.6. The van der Waals surface area contributed by atoms with Crippen LogP contribution < -0.4 is 10.6 Å². The summed E-state index contributed by atoms with van der Waals surface area (Å²) in [5.41, 5.74) is 6.00. The number of benzene rings is 2. The zero-order valence-electron chi connectivity index (χ0n) is 15.8. The van der Waals surface area contributed by atoms with E-state index in [2.05, 4.69) is 66.6 Å². The minimum atomic E-state index is 0.955. The van der Waals surface area contributed by atoms with Gasteiger partial charge in [0, 0.05) is 29.4 Å². The number of hydrogen-bond donors (Lipinski definition) is 2. The lowest BCUT2D eigenvalue weighted by molar-refractivity contribution is 0.659. The third kappa shape index (κ3) is 5.39. The van der Waals surface area contributed by atoms with Crippen LogP contribution in [0.1, 0.15) is 55.7 Å². The van der Waals surface area contributed by atoms with Crippen LogP contribution in [-0.4, -0.2) is 5.75 Å². The Bertz CT molecular complexity index is 721. The summed E-state index contributed by atoms with van der Waals surface area (Å²) in [7, 11) is 0. The highest BCUT2D eigenvalue weighted by molar-refractivity contribution is 7.99. The van der Waals surface area contributed by atoms with Crippen LogP contribution in [0.15, 0.2) is 53.9 Å². The molecule has 0 fully saturated rings. The lowest BCUT2D eigenvalue weighted by Crippen LogP contribution is -2.00. The molecule has 2 N–H and O–H groups in total. The van der Waals surface area contributed by atoms with Gasteiger partial charge in [0.25, 0.3) is 0 Å². The molecule has 2 nitrogen and oxygen atoms in total.